The summed E-state index contributed by atoms with van der Waals surface area (Å²) in [5.74, 6) is -11.0. The van der Waals surface area contributed by atoms with Crippen molar-refractivity contribution in [2.45, 2.75) is 82.6 Å². The van der Waals surface area contributed by atoms with E-state index in [1.165, 1.54) is 47.8 Å². The summed E-state index contributed by atoms with van der Waals surface area (Å²) >= 11 is 0. The van der Waals surface area contributed by atoms with Crippen molar-refractivity contribution in [2.75, 3.05) is 13.2 Å². The molecule has 0 atom stereocenters. The Labute approximate surface area is 321 Å². The fourth-order valence-corrected chi connectivity index (χ4v) is 6.88. The van der Waals surface area contributed by atoms with Crippen LogP contribution in [0.3, 0.4) is 0 Å². The van der Waals surface area contributed by atoms with Crippen molar-refractivity contribution in [2.24, 2.45) is 19.8 Å². The van der Waals surface area contributed by atoms with E-state index in [9.17, 15) is 46.3 Å². The molecule has 2 aliphatic rings. The first-order chi connectivity index (χ1) is 26.5. The van der Waals surface area contributed by atoms with Crippen LogP contribution in [0.4, 0.5) is 17.6 Å². The van der Waals surface area contributed by atoms with Gasteiger partial charge in [0.25, 0.3) is 11.7 Å². The molecular weight excluding hydrogens is 766 g/mol. The number of Topliss-reactive ketones (excluding diaryl/α,β-unsaturated/α-hetero) is 3. The Morgan fingerprint density at radius 2 is 1.18 bits per heavy atom. The van der Waals surface area contributed by atoms with Gasteiger partial charge in [-0.2, -0.15) is 30.8 Å². The number of aromatic nitrogens is 8. The number of carbonyl (C=O) groups excluding carboxylic acids is 5. The highest BCUT2D eigenvalue weighted by atomic mass is 19.3. The summed E-state index contributed by atoms with van der Waals surface area (Å²) in [6.07, 6.45) is 3.13. The third-order valence-electron chi connectivity index (χ3n) is 9.47. The number of aromatic amines is 2. The average molecular weight is 808 g/mol. The minimum absolute atomic E-state index is 0.00283. The van der Waals surface area contributed by atoms with Gasteiger partial charge >= 0.3 is 17.9 Å². The van der Waals surface area contributed by atoms with Gasteiger partial charge in [0.2, 0.25) is 17.5 Å². The lowest BCUT2D eigenvalue weighted by atomic mass is 9.61. The summed E-state index contributed by atoms with van der Waals surface area (Å²) < 4.78 is 64.7. The van der Waals surface area contributed by atoms with Crippen LogP contribution in [0.5, 0.6) is 0 Å². The highest BCUT2D eigenvalue weighted by Gasteiger charge is 2.60. The molecule has 2 aliphatic carbocycles. The molecule has 57 heavy (non-hydrogen) atoms. The molecule has 0 aliphatic heterocycles. The largest absolute Gasteiger partial charge is 0.475 e. The highest BCUT2D eigenvalue weighted by molar-refractivity contribution is 6.44. The molecule has 5 N–H and O–H groups in total. The molecule has 0 aromatic carbocycles. The Hall–Kier alpha value is -6.06. The lowest BCUT2D eigenvalue weighted by molar-refractivity contribution is -0.140. The second kappa shape index (κ2) is 16.6. The number of esters is 2. The lowest BCUT2D eigenvalue weighted by Gasteiger charge is -2.45. The van der Waals surface area contributed by atoms with E-state index in [4.69, 9.17) is 20.3 Å². The van der Waals surface area contributed by atoms with Crippen molar-refractivity contribution in [1.29, 1.82) is 0 Å². The van der Waals surface area contributed by atoms with E-state index >= 15 is 0 Å². The Balaban J connectivity index is 0.000000210. The number of H-pyrrole nitrogens is 2. The maximum atomic E-state index is 13.6. The van der Waals surface area contributed by atoms with Crippen LogP contribution in [0.25, 0.3) is 0 Å². The molecule has 0 radical (unpaired) electrons. The SMILES string of the molecule is CCOC(=O)c1c(C)c(C(=O)C(=O)CC2(c3cn[nH]n3)CC(F)(F)C2)cn1C.CCOC(=O)c1c(C)c(C(=O)C(=O)O)cn1C.NC1(c2cn[nH]n2)CC(F)(F)C1. The van der Waals surface area contributed by atoms with E-state index in [2.05, 4.69) is 30.8 Å². The van der Waals surface area contributed by atoms with Crippen molar-refractivity contribution in [3.8, 4) is 0 Å². The third-order valence-corrected chi connectivity index (χ3v) is 9.47. The maximum absolute atomic E-state index is 13.6. The molecule has 4 heterocycles. The number of hydrogen-bond donors (Lipinski definition) is 4. The summed E-state index contributed by atoms with van der Waals surface area (Å²) in [6.45, 7) is 6.76. The quantitative estimate of drug-likeness (QED) is 0.0693. The molecule has 22 heteroatoms. The number of alkyl halides is 4. The number of halogens is 4. The first kappa shape index (κ1) is 43.7. The molecule has 6 rings (SSSR count). The molecule has 2 fully saturated rings. The van der Waals surface area contributed by atoms with Gasteiger partial charge in [0.05, 0.1) is 42.4 Å². The van der Waals surface area contributed by atoms with Crippen LogP contribution in [0.2, 0.25) is 0 Å². The van der Waals surface area contributed by atoms with Gasteiger partial charge in [0, 0.05) is 69.6 Å². The van der Waals surface area contributed by atoms with Crippen LogP contribution in [-0.2, 0) is 44.1 Å². The van der Waals surface area contributed by atoms with E-state index in [1.807, 2.05) is 0 Å². The van der Waals surface area contributed by atoms with E-state index in [0.717, 1.165) is 0 Å². The molecule has 308 valence electrons. The van der Waals surface area contributed by atoms with Gasteiger partial charge in [-0.05, 0) is 38.8 Å². The highest BCUT2D eigenvalue weighted by Crippen LogP contribution is 2.55. The van der Waals surface area contributed by atoms with E-state index in [1.54, 1.807) is 27.9 Å². The Bertz CT molecular complexity index is 2140. The summed E-state index contributed by atoms with van der Waals surface area (Å²) in [5.41, 5.74) is 5.13. The second-order valence-electron chi connectivity index (χ2n) is 13.8. The molecule has 4 aromatic heterocycles. The van der Waals surface area contributed by atoms with Gasteiger partial charge < -0.3 is 29.4 Å². The van der Waals surface area contributed by atoms with Gasteiger partial charge in [-0.15, -0.1) is 0 Å². The number of nitrogens with two attached hydrogens (primary N) is 1. The minimum Gasteiger partial charge on any atom is -0.475 e. The first-order valence-electron chi connectivity index (χ1n) is 17.3. The Kier molecular flexibility index (Phi) is 12.7. The molecule has 0 bridgehead atoms. The zero-order valence-corrected chi connectivity index (χ0v) is 31.7. The van der Waals surface area contributed by atoms with Crippen LogP contribution < -0.4 is 5.73 Å². The number of ketones is 3. The molecule has 2 saturated carbocycles. The molecule has 0 saturated heterocycles. The summed E-state index contributed by atoms with van der Waals surface area (Å²) in [5, 5.41) is 28.0. The van der Waals surface area contributed by atoms with Gasteiger partial charge in [-0.25, -0.2) is 31.9 Å². The van der Waals surface area contributed by atoms with Crippen molar-refractivity contribution in [1.82, 2.24) is 40.0 Å². The molecule has 0 unspecified atom stereocenters. The van der Waals surface area contributed by atoms with Gasteiger partial charge in [-0.3, -0.25) is 14.4 Å². The van der Waals surface area contributed by atoms with Gasteiger partial charge in [-0.1, -0.05) is 0 Å². The van der Waals surface area contributed by atoms with Gasteiger partial charge in [0.1, 0.15) is 17.1 Å². The predicted molar refractivity (Wildman–Crippen MR) is 187 cm³/mol. The fourth-order valence-electron chi connectivity index (χ4n) is 6.88. The van der Waals surface area contributed by atoms with Crippen molar-refractivity contribution in [3.05, 3.63) is 69.8 Å². The van der Waals surface area contributed by atoms with Crippen molar-refractivity contribution >= 4 is 35.3 Å². The number of carboxylic acids is 1. The molecular formula is C35H41F4N9O9. The fraction of sp³-hybridized carbons (Fsp3) is 0.486. The maximum Gasteiger partial charge on any atom is 0.377 e. The molecule has 18 nitrogen and oxygen atoms in total. The van der Waals surface area contributed by atoms with Crippen LogP contribution >= 0.6 is 0 Å². The lowest BCUT2D eigenvalue weighted by Crippen LogP contribution is -2.55. The number of rotatable bonds is 12. The third kappa shape index (κ3) is 9.33. The normalized spacial score (nSPS) is 16.6. The van der Waals surface area contributed by atoms with Gasteiger partial charge in [0.15, 0.2) is 0 Å². The smallest absolute Gasteiger partial charge is 0.377 e. The van der Waals surface area contributed by atoms with Crippen LogP contribution in [0.1, 0.15) is 110 Å². The zero-order valence-electron chi connectivity index (χ0n) is 31.7. The van der Waals surface area contributed by atoms with E-state index in [-0.39, 0.29) is 54.3 Å². The van der Waals surface area contributed by atoms with Crippen molar-refractivity contribution < 1.29 is 60.9 Å². The number of hydrogen-bond acceptors (Lipinski definition) is 13. The number of ether oxygens (including phenoxy) is 2. The van der Waals surface area contributed by atoms with Crippen molar-refractivity contribution in [3.63, 3.8) is 0 Å². The number of nitrogens with one attached hydrogen (secondary N) is 2. The topological polar surface area (TPSA) is 260 Å². The summed E-state index contributed by atoms with van der Waals surface area (Å²) in [7, 11) is 3.11. The monoisotopic (exact) mass is 807 g/mol. The number of nitrogens with zero attached hydrogens (tertiary/aromatic N) is 6. The summed E-state index contributed by atoms with van der Waals surface area (Å²) in [4.78, 5) is 71.0. The first-order valence-corrected chi connectivity index (χ1v) is 17.3. The molecule has 0 spiro atoms. The predicted octanol–water partition coefficient (Wildman–Crippen LogP) is 3.30. The average Bonchev–Trinajstić information content (AvgIpc) is 3.91. The minimum atomic E-state index is -2.91. The molecule has 4 aromatic rings. The standard InChI is InChI=1S/C18H20F2N4O4.C11H13NO5.C6H8F2N4/c1-4-28-16(27)14-10(2)11(7-24(14)3)15(26)12(25)5-17(8-18(19,20)9-17)13-6-21-23-22-13;1-4-17-11(16)8-6(2)7(5-12(8)3)9(13)10(14)15;7-6(8)2-5(9,3-6)4-1-10-12-11-4/h6-7H,4-5,8-9H2,1-3H3,(H,21,22,23);5H,4H2,1-3H3,(H,14,15);1H,2-3,9H2,(H,10,11,12). The Morgan fingerprint density at radius 3 is 1.54 bits per heavy atom. The number of carbonyl (C=O) groups is 6. The number of aryl methyl sites for hydroxylation is 2. The zero-order chi connectivity index (χ0) is 42.7. The van der Waals surface area contributed by atoms with Crippen LogP contribution in [0.15, 0.2) is 24.8 Å². The second-order valence-corrected chi connectivity index (χ2v) is 13.8. The van der Waals surface area contributed by atoms with E-state index in [0.29, 0.717) is 16.8 Å². The number of aliphatic carboxylic acids is 1. The van der Waals surface area contributed by atoms with Crippen LogP contribution in [-0.4, -0.2) is 105 Å². The number of carboxylic acid groups (broad SMARTS) is 1. The van der Waals surface area contributed by atoms with E-state index < -0.39 is 77.3 Å². The summed E-state index contributed by atoms with van der Waals surface area (Å²) in [6, 6.07) is 0. The Morgan fingerprint density at radius 1 is 0.754 bits per heavy atom. The van der Waals surface area contributed by atoms with Crippen LogP contribution in [0, 0.1) is 13.8 Å². The molecule has 0 amide bonds.